The number of benzene rings is 1. The first kappa shape index (κ1) is 14.3. The van der Waals surface area contributed by atoms with E-state index in [4.69, 9.17) is 33.7 Å². The van der Waals surface area contributed by atoms with Crippen LogP contribution in [0.1, 0.15) is 25.5 Å². The van der Waals surface area contributed by atoms with Gasteiger partial charge in [0.2, 0.25) is 0 Å². The highest BCUT2D eigenvalue weighted by molar-refractivity contribution is 6.42. The molecule has 0 bridgehead atoms. The molecule has 0 aliphatic heterocycles. The van der Waals surface area contributed by atoms with Crippen LogP contribution in [-0.4, -0.2) is 13.1 Å². The second kappa shape index (κ2) is 5.25. The molecule has 0 fully saturated rings. The van der Waals surface area contributed by atoms with Gasteiger partial charge in [-0.3, -0.25) is 4.79 Å². The average Bonchev–Trinajstić information content (AvgIpc) is 2.30. The van der Waals surface area contributed by atoms with Crippen molar-refractivity contribution in [1.82, 2.24) is 0 Å². The third-order valence-corrected chi connectivity index (χ3v) is 3.53. The lowest BCUT2D eigenvalue weighted by Crippen LogP contribution is -2.37. The standard InChI is InChI=1S/C12H15Cl2NO2/c1-12(2,11(16)17-3)10(15)7-4-5-8(13)9(14)6-7/h4-6,10H,15H2,1-3H3/t10-/m0/s1. The molecule has 0 aromatic heterocycles. The van der Waals surface area contributed by atoms with E-state index < -0.39 is 11.5 Å². The summed E-state index contributed by atoms with van der Waals surface area (Å²) in [6, 6.07) is 4.57. The topological polar surface area (TPSA) is 52.3 Å². The van der Waals surface area contributed by atoms with Gasteiger partial charge >= 0.3 is 5.97 Å². The summed E-state index contributed by atoms with van der Waals surface area (Å²) >= 11 is 11.7. The quantitative estimate of drug-likeness (QED) is 0.862. The first-order chi connectivity index (χ1) is 7.80. The van der Waals surface area contributed by atoms with E-state index in [-0.39, 0.29) is 5.97 Å². The van der Waals surface area contributed by atoms with Crippen molar-refractivity contribution in [2.24, 2.45) is 11.1 Å². The van der Waals surface area contributed by atoms with Gasteiger partial charge in [-0.2, -0.15) is 0 Å². The second-order valence-electron chi connectivity index (χ2n) is 4.36. The van der Waals surface area contributed by atoms with Gasteiger partial charge in [-0.1, -0.05) is 29.3 Å². The van der Waals surface area contributed by atoms with Crippen molar-refractivity contribution in [1.29, 1.82) is 0 Å². The lowest BCUT2D eigenvalue weighted by molar-refractivity contribution is -0.152. The number of ether oxygens (including phenoxy) is 1. The van der Waals surface area contributed by atoms with Gasteiger partial charge in [0.1, 0.15) is 0 Å². The Morgan fingerprint density at radius 1 is 1.35 bits per heavy atom. The minimum absolute atomic E-state index is 0.365. The zero-order valence-corrected chi connectivity index (χ0v) is 11.5. The number of esters is 1. The van der Waals surface area contributed by atoms with Gasteiger partial charge in [0.15, 0.2) is 0 Å². The summed E-state index contributed by atoms with van der Waals surface area (Å²) in [5.74, 6) is -0.365. The molecule has 5 heteroatoms. The summed E-state index contributed by atoms with van der Waals surface area (Å²) in [5.41, 5.74) is 5.98. The molecular formula is C12H15Cl2NO2. The number of methoxy groups -OCH3 is 1. The molecule has 0 aliphatic carbocycles. The summed E-state index contributed by atoms with van der Waals surface area (Å²) in [6.45, 7) is 3.46. The number of rotatable bonds is 3. The minimum Gasteiger partial charge on any atom is -0.469 e. The molecular weight excluding hydrogens is 261 g/mol. The number of carbonyl (C=O) groups is 1. The molecule has 0 saturated carbocycles. The third-order valence-electron chi connectivity index (χ3n) is 2.79. The van der Waals surface area contributed by atoms with Gasteiger partial charge < -0.3 is 10.5 Å². The predicted octanol–water partition coefficient (Wildman–Crippen LogP) is 3.19. The molecule has 0 unspecified atom stereocenters. The van der Waals surface area contributed by atoms with Crippen LogP contribution in [0.5, 0.6) is 0 Å². The van der Waals surface area contributed by atoms with Crippen LogP contribution in [0.15, 0.2) is 18.2 Å². The molecule has 0 spiro atoms. The van der Waals surface area contributed by atoms with Crippen molar-refractivity contribution in [3.63, 3.8) is 0 Å². The van der Waals surface area contributed by atoms with Gasteiger partial charge in [-0.15, -0.1) is 0 Å². The Hall–Kier alpha value is -0.770. The molecule has 0 amide bonds. The Morgan fingerprint density at radius 2 is 1.94 bits per heavy atom. The van der Waals surface area contributed by atoms with Crippen LogP contribution < -0.4 is 5.73 Å². The highest BCUT2D eigenvalue weighted by Crippen LogP contribution is 2.34. The van der Waals surface area contributed by atoms with Crippen molar-refractivity contribution in [2.75, 3.05) is 7.11 Å². The minimum atomic E-state index is -0.827. The first-order valence-corrected chi connectivity index (χ1v) is 5.85. The van der Waals surface area contributed by atoms with Crippen LogP contribution in [0.3, 0.4) is 0 Å². The fourth-order valence-corrected chi connectivity index (χ4v) is 1.82. The van der Waals surface area contributed by atoms with E-state index in [2.05, 4.69) is 0 Å². The van der Waals surface area contributed by atoms with Gasteiger partial charge in [0, 0.05) is 6.04 Å². The lowest BCUT2D eigenvalue weighted by atomic mass is 9.81. The number of hydrogen-bond donors (Lipinski definition) is 1. The number of carbonyl (C=O) groups excluding carboxylic acids is 1. The molecule has 0 saturated heterocycles. The molecule has 1 aromatic rings. The van der Waals surface area contributed by atoms with Crippen LogP contribution in [0.25, 0.3) is 0 Å². The van der Waals surface area contributed by atoms with E-state index in [1.165, 1.54) is 7.11 Å². The summed E-state index contributed by atoms with van der Waals surface area (Å²) in [5, 5.41) is 0.874. The van der Waals surface area contributed by atoms with Crippen LogP contribution in [0.4, 0.5) is 0 Å². The Kier molecular flexibility index (Phi) is 4.42. The fraction of sp³-hybridized carbons (Fsp3) is 0.417. The maximum Gasteiger partial charge on any atom is 0.313 e. The summed E-state index contributed by atoms with van der Waals surface area (Å²) in [4.78, 5) is 11.6. The smallest absolute Gasteiger partial charge is 0.313 e. The van der Waals surface area contributed by atoms with Gasteiger partial charge in [0.25, 0.3) is 0 Å². The summed E-state index contributed by atoms with van der Waals surface area (Å²) in [6.07, 6.45) is 0. The van der Waals surface area contributed by atoms with E-state index in [9.17, 15) is 4.79 Å². The molecule has 94 valence electrons. The van der Waals surface area contributed by atoms with Crippen molar-refractivity contribution < 1.29 is 9.53 Å². The Balaban J connectivity index is 3.07. The monoisotopic (exact) mass is 275 g/mol. The Morgan fingerprint density at radius 3 is 2.41 bits per heavy atom. The molecule has 1 aromatic carbocycles. The maximum absolute atomic E-state index is 11.6. The molecule has 2 N–H and O–H groups in total. The molecule has 0 radical (unpaired) electrons. The largest absolute Gasteiger partial charge is 0.469 e. The Bertz CT molecular complexity index is 433. The highest BCUT2D eigenvalue weighted by atomic mass is 35.5. The van der Waals surface area contributed by atoms with Crippen molar-refractivity contribution >= 4 is 29.2 Å². The zero-order chi connectivity index (χ0) is 13.2. The van der Waals surface area contributed by atoms with Gasteiger partial charge in [-0.25, -0.2) is 0 Å². The average molecular weight is 276 g/mol. The summed E-state index contributed by atoms with van der Waals surface area (Å²) in [7, 11) is 1.34. The molecule has 1 rings (SSSR count). The van der Waals surface area contributed by atoms with Crippen molar-refractivity contribution in [2.45, 2.75) is 19.9 Å². The predicted molar refractivity (Wildman–Crippen MR) is 69.2 cm³/mol. The van der Waals surface area contributed by atoms with E-state index >= 15 is 0 Å². The molecule has 17 heavy (non-hydrogen) atoms. The van der Waals surface area contributed by atoms with Gasteiger partial charge in [-0.05, 0) is 31.5 Å². The molecule has 3 nitrogen and oxygen atoms in total. The zero-order valence-electron chi connectivity index (χ0n) is 9.96. The molecule has 0 aliphatic rings. The SMILES string of the molecule is COC(=O)C(C)(C)[C@@H](N)c1ccc(Cl)c(Cl)c1. The van der Waals surface area contributed by atoms with E-state index in [0.29, 0.717) is 10.0 Å². The lowest BCUT2D eigenvalue weighted by Gasteiger charge is -2.29. The van der Waals surface area contributed by atoms with E-state index in [1.807, 2.05) is 0 Å². The second-order valence-corrected chi connectivity index (χ2v) is 5.18. The summed E-state index contributed by atoms with van der Waals surface area (Å²) < 4.78 is 4.73. The fourth-order valence-electron chi connectivity index (χ4n) is 1.51. The van der Waals surface area contributed by atoms with Crippen LogP contribution in [0.2, 0.25) is 10.0 Å². The van der Waals surface area contributed by atoms with Crippen molar-refractivity contribution in [3.8, 4) is 0 Å². The third kappa shape index (κ3) is 2.92. The molecule has 0 heterocycles. The van der Waals surface area contributed by atoms with E-state index in [1.54, 1.807) is 32.0 Å². The van der Waals surface area contributed by atoms with E-state index in [0.717, 1.165) is 5.56 Å². The van der Waals surface area contributed by atoms with Crippen LogP contribution >= 0.6 is 23.2 Å². The number of hydrogen-bond acceptors (Lipinski definition) is 3. The molecule has 1 atom stereocenters. The normalized spacial score (nSPS) is 13.3. The maximum atomic E-state index is 11.6. The first-order valence-electron chi connectivity index (χ1n) is 5.09. The number of halogens is 2. The van der Waals surface area contributed by atoms with Crippen LogP contribution in [-0.2, 0) is 9.53 Å². The highest BCUT2D eigenvalue weighted by Gasteiger charge is 2.36. The Labute approximate surface area is 111 Å². The van der Waals surface area contributed by atoms with Crippen molar-refractivity contribution in [3.05, 3.63) is 33.8 Å². The van der Waals surface area contributed by atoms with Crippen LogP contribution in [0, 0.1) is 5.41 Å². The van der Waals surface area contributed by atoms with Gasteiger partial charge in [0.05, 0.1) is 22.6 Å². The number of nitrogens with two attached hydrogens (primary N) is 1.